The summed E-state index contributed by atoms with van der Waals surface area (Å²) in [6, 6.07) is 63.2. The minimum absolute atomic E-state index is 1.16. The van der Waals surface area contributed by atoms with Crippen LogP contribution in [0.4, 0.5) is 11.4 Å². The van der Waals surface area contributed by atoms with Crippen molar-refractivity contribution in [3.05, 3.63) is 176 Å². The van der Waals surface area contributed by atoms with Crippen LogP contribution in [-0.4, -0.2) is 11.6 Å². The van der Waals surface area contributed by atoms with Crippen LogP contribution in [0.15, 0.2) is 176 Å². The molecule has 0 spiro atoms. The van der Waals surface area contributed by atoms with Gasteiger partial charge in [0.25, 0.3) is 0 Å². The standard InChI is InChI=1S/C43H32N2/c1-44(36-15-6-3-7-16-36)37-28-26-33(27-29-37)32-22-24-34(25-23-32)39-19-11-21-42-43(39)40-18-8-9-20-41(40)45(42)38-17-10-14-35(30-38)31-12-4-2-5-13-31/h2-30H,1H3. The molecule has 0 aliphatic carbocycles. The van der Waals surface area contributed by atoms with Crippen LogP contribution in [0.25, 0.3) is 60.9 Å². The van der Waals surface area contributed by atoms with Gasteiger partial charge in [-0.3, -0.25) is 0 Å². The molecule has 1 aromatic heterocycles. The van der Waals surface area contributed by atoms with Crippen molar-refractivity contribution in [2.75, 3.05) is 11.9 Å². The monoisotopic (exact) mass is 576 g/mol. The lowest BCUT2D eigenvalue weighted by atomic mass is 9.97. The summed E-state index contributed by atoms with van der Waals surface area (Å²) in [7, 11) is 2.11. The minimum atomic E-state index is 1.16. The molecule has 214 valence electrons. The first-order chi connectivity index (χ1) is 22.2. The summed E-state index contributed by atoms with van der Waals surface area (Å²) in [6.45, 7) is 0. The van der Waals surface area contributed by atoms with E-state index in [0.29, 0.717) is 0 Å². The smallest absolute Gasteiger partial charge is 0.0547 e. The molecule has 1 heterocycles. The second-order valence-electron chi connectivity index (χ2n) is 11.5. The van der Waals surface area contributed by atoms with Gasteiger partial charge in [0.2, 0.25) is 0 Å². The summed E-state index contributed by atoms with van der Waals surface area (Å²) in [5.74, 6) is 0. The van der Waals surface area contributed by atoms with E-state index in [2.05, 4.69) is 186 Å². The Kier molecular flexibility index (Phi) is 6.73. The Balaban J connectivity index is 1.17. The molecule has 0 bridgehead atoms. The molecular weight excluding hydrogens is 544 g/mol. The zero-order valence-corrected chi connectivity index (χ0v) is 25.1. The molecule has 0 aliphatic heterocycles. The molecule has 0 atom stereocenters. The van der Waals surface area contributed by atoms with Gasteiger partial charge in [-0.15, -0.1) is 0 Å². The summed E-state index contributed by atoms with van der Waals surface area (Å²) in [6.07, 6.45) is 0. The van der Waals surface area contributed by atoms with E-state index >= 15 is 0 Å². The fourth-order valence-corrected chi connectivity index (χ4v) is 6.51. The third kappa shape index (κ3) is 4.87. The average Bonchev–Trinajstić information content (AvgIpc) is 3.47. The maximum absolute atomic E-state index is 2.41. The maximum Gasteiger partial charge on any atom is 0.0547 e. The van der Waals surface area contributed by atoms with Gasteiger partial charge in [-0.05, 0) is 81.9 Å². The van der Waals surface area contributed by atoms with Crippen molar-refractivity contribution in [3.63, 3.8) is 0 Å². The van der Waals surface area contributed by atoms with Crippen molar-refractivity contribution < 1.29 is 0 Å². The molecule has 0 aliphatic rings. The fourth-order valence-electron chi connectivity index (χ4n) is 6.51. The van der Waals surface area contributed by atoms with Crippen molar-refractivity contribution >= 4 is 33.2 Å². The van der Waals surface area contributed by atoms with E-state index in [-0.39, 0.29) is 0 Å². The van der Waals surface area contributed by atoms with Crippen molar-refractivity contribution in [1.82, 2.24) is 4.57 Å². The summed E-state index contributed by atoms with van der Waals surface area (Å²) >= 11 is 0. The SMILES string of the molecule is CN(c1ccccc1)c1ccc(-c2ccc(-c3cccc4c3c3ccccc3n4-c3cccc(-c4ccccc4)c3)cc2)cc1. The highest BCUT2D eigenvalue weighted by atomic mass is 15.1. The van der Waals surface area contributed by atoms with Crippen LogP contribution in [0.5, 0.6) is 0 Å². The van der Waals surface area contributed by atoms with Gasteiger partial charge < -0.3 is 9.47 Å². The van der Waals surface area contributed by atoms with Crippen LogP contribution < -0.4 is 4.90 Å². The van der Waals surface area contributed by atoms with Crippen LogP contribution in [0.1, 0.15) is 0 Å². The molecular formula is C43H32N2. The first kappa shape index (κ1) is 26.7. The number of aromatic nitrogens is 1. The third-order valence-electron chi connectivity index (χ3n) is 8.84. The zero-order chi connectivity index (χ0) is 30.2. The van der Waals surface area contributed by atoms with Gasteiger partial charge in [-0.2, -0.15) is 0 Å². The average molecular weight is 577 g/mol. The molecule has 0 unspecified atom stereocenters. The molecule has 0 N–H and O–H groups in total. The molecule has 2 nitrogen and oxygen atoms in total. The Labute approximate surface area is 264 Å². The summed E-state index contributed by atoms with van der Waals surface area (Å²) in [5, 5.41) is 2.54. The number of hydrogen-bond acceptors (Lipinski definition) is 1. The first-order valence-electron chi connectivity index (χ1n) is 15.4. The summed E-state index contributed by atoms with van der Waals surface area (Å²) < 4.78 is 2.41. The normalized spacial score (nSPS) is 11.2. The molecule has 0 amide bonds. The van der Waals surface area contributed by atoms with Crippen LogP contribution in [0.2, 0.25) is 0 Å². The first-order valence-corrected chi connectivity index (χ1v) is 15.4. The largest absolute Gasteiger partial charge is 0.345 e. The van der Waals surface area contributed by atoms with Gasteiger partial charge in [0.1, 0.15) is 0 Å². The fraction of sp³-hybridized carbons (Fsp3) is 0.0233. The number of nitrogens with zero attached hydrogens (tertiary/aromatic N) is 2. The van der Waals surface area contributed by atoms with Crippen molar-refractivity contribution in [3.8, 4) is 39.1 Å². The highest BCUT2D eigenvalue weighted by Crippen LogP contribution is 2.39. The molecule has 8 aromatic rings. The van der Waals surface area contributed by atoms with E-state index in [1.54, 1.807) is 0 Å². The molecule has 0 radical (unpaired) electrons. The molecule has 7 aromatic carbocycles. The number of benzene rings is 7. The second kappa shape index (κ2) is 11.3. The van der Waals surface area contributed by atoms with Gasteiger partial charge in [-0.25, -0.2) is 0 Å². The van der Waals surface area contributed by atoms with Gasteiger partial charge in [0, 0.05) is 34.9 Å². The van der Waals surface area contributed by atoms with E-state index < -0.39 is 0 Å². The zero-order valence-electron chi connectivity index (χ0n) is 25.1. The number of fused-ring (bicyclic) bond motifs is 3. The molecule has 0 saturated carbocycles. The van der Waals surface area contributed by atoms with Gasteiger partial charge in [0.15, 0.2) is 0 Å². The van der Waals surface area contributed by atoms with Crippen molar-refractivity contribution in [2.24, 2.45) is 0 Å². The third-order valence-corrected chi connectivity index (χ3v) is 8.84. The summed E-state index contributed by atoms with van der Waals surface area (Å²) in [5.41, 5.74) is 13.2. The second-order valence-corrected chi connectivity index (χ2v) is 11.5. The van der Waals surface area contributed by atoms with E-state index in [4.69, 9.17) is 0 Å². The van der Waals surface area contributed by atoms with E-state index in [1.165, 1.54) is 66.6 Å². The Morgan fingerprint density at radius 2 is 0.933 bits per heavy atom. The van der Waals surface area contributed by atoms with E-state index in [9.17, 15) is 0 Å². The van der Waals surface area contributed by atoms with Gasteiger partial charge in [-0.1, -0.05) is 127 Å². The summed E-state index contributed by atoms with van der Waals surface area (Å²) in [4.78, 5) is 2.21. The lowest BCUT2D eigenvalue weighted by molar-refractivity contribution is 1.18. The lowest BCUT2D eigenvalue weighted by Crippen LogP contribution is -2.08. The number of rotatable bonds is 6. The predicted molar refractivity (Wildman–Crippen MR) is 192 cm³/mol. The van der Waals surface area contributed by atoms with Crippen LogP contribution in [0.3, 0.4) is 0 Å². The van der Waals surface area contributed by atoms with Crippen LogP contribution >= 0.6 is 0 Å². The Morgan fingerprint density at radius 1 is 0.400 bits per heavy atom. The number of para-hydroxylation sites is 2. The van der Waals surface area contributed by atoms with Gasteiger partial charge >= 0.3 is 0 Å². The van der Waals surface area contributed by atoms with Crippen LogP contribution in [-0.2, 0) is 0 Å². The predicted octanol–water partition coefficient (Wildman–Crippen LogP) is 11.6. The molecule has 45 heavy (non-hydrogen) atoms. The Morgan fingerprint density at radius 3 is 1.69 bits per heavy atom. The Bertz CT molecular complexity index is 2250. The quantitative estimate of drug-likeness (QED) is 0.191. The number of hydrogen-bond donors (Lipinski definition) is 0. The molecule has 0 saturated heterocycles. The number of anilines is 2. The molecule has 8 rings (SSSR count). The lowest BCUT2D eigenvalue weighted by Gasteiger charge is -2.19. The van der Waals surface area contributed by atoms with E-state index in [0.717, 1.165) is 5.69 Å². The highest BCUT2D eigenvalue weighted by Gasteiger charge is 2.16. The maximum atomic E-state index is 2.41. The van der Waals surface area contributed by atoms with Crippen molar-refractivity contribution in [1.29, 1.82) is 0 Å². The highest BCUT2D eigenvalue weighted by molar-refractivity contribution is 6.15. The van der Waals surface area contributed by atoms with E-state index in [1.807, 2.05) is 6.07 Å². The van der Waals surface area contributed by atoms with Gasteiger partial charge in [0.05, 0.1) is 11.0 Å². The topological polar surface area (TPSA) is 8.17 Å². The van der Waals surface area contributed by atoms with Crippen LogP contribution in [0, 0.1) is 0 Å². The Hall–Kier alpha value is -5.86. The molecule has 2 heteroatoms. The minimum Gasteiger partial charge on any atom is -0.345 e. The molecule has 0 fully saturated rings. The van der Waals surface area contributed by atoms with Crippen molar-refractivity contribution in [2.45, 2.75) is 0 Å².